The lowest BCUT2D eigenvalue weighted by Crippen LogP contribution is -2.30. The lowest BCUT2D eigenvalue weighted by molar-refractivity contribution is 0.488. The topological polar surface area (TPSA) is 49.8 Å². The van der Waals surface area contributed by atoms with E-state index in [2.05, 4.69) is 33.6 Å². The van der Waals surface area contributed by atoms with Gasteiger partial charge in [-0.3, -0.25) is 0 Å². The molecule has 1 aromatic carbocycles. The number of rotatable bonds is 3. The van der Waals surface area contributed by atoms with Gasteiger partial charge in [-0.15, -0.1) is 22.7 Å². The fraction of sp³-hybridized carbons (Fsp3) is 0.333. The summed E-state index contributed by atoms with van der Waals surface area (Å²) in [6.07, 6.45) is 5.46. The van der Waals surface area contributed by atoms with E-state index in [1.165, 1.54) is 35.5 Å². The van der Waals surface area contributed by atoms with Crippen LogP contribution in [0.3, 0.4) is 0 Å². The Kier molecular flexibility index (Phi) is 4.74. The maximum absolute atomic E-state index is 14.6. The van der Waals surface area contributed by atoms with Gasteiger partial charge in [0, 0.05) is 28.4 Å². The molecule has 28 heavy (non-hydrogen) atoms. The summed E-state index contributed by atoms with van der Waals surface area (Å²) in [6, 6.07) is 7.93. The number of thiazole rings is 1. The monoisotopic (exact) mass is 412 g/mol. The minimum absolute atomic E-state index is 0.265. The van der Waals surface area contributed by atoms with E-state index in [4.69, 9.17) is 0 Å². The van der Waals surface area contributed by atoms with Gasteiger partial charge in [0.1, 0.15) is 10.6 Å². The van der Waals surface area contributed by atoms with Crippen LogP contribution in [0.15, 0.2) is 36.0 Å². The fourth-order valence-electron chi connectivity index (χ4n) is 3.97. The number of pyridine rings is 1. The van der Waals surface area contributed by atoms with Gasteiger partial charge in [-0.25, -0.2) is 14.4 Å². The highest BCUT2D eigenvalue weighted by Gasteiger charge is 2.24. The highest BCUT2D eigenvalue weighted by molar-refractivity contribution is 7.18. The Bertz CT molecular complexity index is 1140. The second-order valence-electron chi connectivity index (χ2n) is 7.35. The number of thiophene rings is 1. The molecule has 144 valence electrons. The summed E-state index contributed by atoms with van der Waals surface area (Å²) in [4.78, 5) is 11.2. The van der Waals surface area contributed by atoms with Crippen molar-refractivity contribution in [1.29, 1.82) is 0 Å². The molecule has 5 rings (SSSR count). The average Bonchev–Trinajstić information content (AvgIpc) is 3.26. The van der Waals surface area contributed by atoms with Crippen LogP contribution in [0.4, 0.5) is 15.8 Å². The lowest BCUT2D eigenvalue weighted by atomic mass is 9.94. The van der Waals surface area contributed by atoms with E-state index in [-0.39, 0.29) is 5.82 Å². The molecule has 1 aliphatic heterocycles. The molecule has 2 N–H and O–H groups in total. The molecular weight excluding hydrogens is 391 g/mol. The second kappa shape index (κ2) is 7.39. The third-order valence-corrected chi connectivity index (χ3v) is 7.49. The molecule has 0 saturated carbocycles. The summed E-state index contributed by atoms with van der Waals surface area (Å²) >= 11 is 3.20. The SMILES string of the molecule is C[C@H]1NCCCC[C@H]1c1cc2c(Nc3cc4ncsc4cc3F)ccnc2s1. The zero-order chi connectivity index (χ0) is 19.1. The Morgan fingerprint density at radius 1 is 1.18 bits per heavy atom. The molecule has 4 aromatic rings. The van der Waals surface area contributed by atoms with E-state index in [1.807, 2.05) is 6.07 Å². The van der Waals surface area contributed by atoms with Crippen molar-refractivity contribution in [3.63, 3.8) is 0 Å². The summed E-state index contributed by atoms with van der Waals surface area (Å²) in [5.41, 5.74) is 3.88. The first kappa shape index (κ1) is 18.0. The summed E-state index contributed by atoms with van der Waals surface area (Å²) in [5, 5.41) is 7.96. The summed E-state index contributed by atoms with van der Waals surface area (Å²) in [5.74, 6) is 0.233. The molecule has 4 nitrogen and oxygen atoms in total. The Labute approximate surface area is 170 Å². The molecule has 1 fully saturated rings. The van der Waals surface area contributed by atoms with E-state index < -0.39 is 0 Å². The molecule has 0 aliphatic carbocycles. The van der Waals surface area contributed by atoms with Crippen LogP contribution in [0.5, 0.6) is 0 Å². The van der Waals surface area contributed by atoms with Gasteiger partial charge in [-0.1, -0.05) is 6.42 Å². The quantitative estimate of drug-likeness (QED) is 0.431. The van der Waals surface area contributed by atoms with Crippen LogP contribution in [-0.4, -0.2) is 22.6 Å². The minimum atomic E-state index is -0.265. The van der Waals surface area contributed by atoms with Crippen LogP contribution < -0.4 is 10.6 Å². The van der Waals surface area contributed by atoms with Crippen molar-refractivity contribution in [3.05, 3.63) is 46.7 Å². The third kappa shape index (κ3) is 3.27. The van der Waals surface area contributed by atoms with Crippen LogP contribution >= 0.6 is 22.7 Å². The second-order valence-corrected chi connectivity index (χ2v) is 9.30. The number of halogens is 1. The number of hydrogen-bond acceptors (Lipinski definition) is 6. The van der Waals surface area contributed by atoms with Crippen LogP contribution in [0.25, 0.3) is 20.4 Å². The fourth-order valence-corrected chi connectivity index (χ4v) is 5.92. The lowest BCUT2D eigenvalue weighted by Gasteiger charge is -2.20. The van der Waals surface area contributed by atoms with E-state index in [1.54, 1.807) is 35.2 Å². The number of nitrogens with zero attached hydrogens (tertiary/aromatic N) is 2. The predicted octanol–water partition coefficient (Wildman–Crippen LogP) is 6.03. The predicted molar refractivity (Wildman–Crippen MR) is 117 cm³/mol. The zero-order valence-corrected chi connectivity index (χ0v) is 17.2. The largest absolute Gasteiger partial charge is 0.352 e. The Morgan fingerprint density at radius 3 is 3.04 bits per heavy atom. The molecule has 1 aliphatic rings. The van der Waals surface area contributed by atoms with Crippen molar-refractivity contribution in [2.24, 2.45) is 0 Å². The minimum Gasteiger partial charge on any atom is -0.352 e. The zero-order valence-electron chi connectivity index (χ0n) is 15.5. The van der Waals surface area contributed by atoms with Crippen LogP contribution in [0.1, 0.15) is 37.0 Å². The number of hydrogen-bond donors (Lipinski definition) is 2. The van der Waals surface area contributed by atoms with Crippen molar-refractivity contribution in [2.45, 2.75) is 38.1 Å². The van der Waals surface area contributed by atoms with Gasteiger partial charge in [-0.05, 0) is 50.6 Å². The number of anilines is 2. The van der Waals surface area contributed by atoms with Crippen molar-refractivity contribution < 1.29 is 4.39 Å². The van der Waals surface area contributed by atoms with Gasteiger partial charge >= 0.3 is 0 Å². The molecule has 0 radical (unpaired) electrons. The average molecular weight is 413 g/mol. The molecule has 0 spiro atoms. The summed E-state index contributed by atoms with van der Waals surface area (Å²) < 4.78 is 15.4. The summed E-state index contributed by atoms with van der Waals surface area (Å²) in [7, 11) is 0. The normalized spacial score (nSPS) is 20.5. The number of aromatic nitrogens is 2. The first-order chi connectivity index (χ1) is 13.7. The molecule has 0 unspecified atom stereocenters. The third-order valence-electron chi connectivity index (χ3n) is 5.52. The number of nitrogens with one attached hydrogen (secondary N) is 2. The van der Waals surface area contributed by atoms with Gasteiger partial charge in [0.15, 0.2) is 0 Å². The van der Waals surface area contributed by atoms with E-state index >= 15 is 0 Å². The molecule has 1 saturated heterocycles. The Balaban J connectivity index is 1.52. The van der Waals surface area contributed by atoms with Crippen LogP contribution in [0.2, 0.25) is 0 Å². The summed E-state index contributed by atoms with van der Waals surface area (Å²) in [6.45, 7) is 3.36. The van der Waals surface area contributed by atoms with E-state index in [0.29, 0.717) is 17.6 Å². The van der Waals surface area contributed by atoms with Gasteiger partial charge < -0.3 is 10.6 Å². The molecule has 2 atom stereocenters. The Morgan fingerprint density at radius 2 is 2.11 bits per heavy atom. The molecule has 7 heteroatoms. The molecule has 3 aromatic heterocycles. The van der Waals surface area contributed by atoms with Crippen molar-refractivity contribution in [1.82, 2.24) is 15.3 Å². The number of benzene rings is 1. The highest BCUT2D eigenvalue weighted by Crippen LogP contribution is 2.39. The van der Waals surface area contributed by atoms with E-state index in [0.717, 1.165) is 32.7 Å². The van der Waals surface area contributed by atoms with Crippen molar-refractivity contribution in [2.75, 3.05) is 11.9 Å². The molecule has 0 amide bonds. The number of fused-ring (bicyclic) bond motifs is 2. The molecular formula is C21H21FN4S2. The maximum Gasteiger partial charge on any atom is 0.148 e. The first-order valence-corrected chi connectivity index (χ1v) is 11.3. The van der Waals surface area contributed by atoms with E-state index in [9.17, 15) is 4.39 Å². The van der Waals surface area contributed by atoms with Gasteiger partial charge in [0.2, 0.25) is 0 Å². The highest BCUT2D eigenvalue weighted by atomic mass is 32.1. The van der Waals surface area contributed by atoms with Crippen LogP contribution in [0, 0.1) is 5.82 Å². The van der Waals surface area contributed by atoms with Crippen molar-refractivity contribution >= 4 is 54.5 Å². The van der Waals surface area contributed by atoms with Gasteiger partial charge in [-0.2, -0.15) is 0 Å². The molecule has 0 bridgehead atoms. The van der Waals surface area contributed by atoms with Gasteiger partial charge in [0.25, 0.3) is 0 Å². The maximum atomic E-state index is 14.6. The standard InChI is InChI=1S/C21H21FN4S2/c1-12-13(4-2-3-6-23-12)19-8-14-16(5-7-24-21(14)28-19)26-17-10-18-20(9-15(17)22)27-11-25-18/h5,7-13,23H,2-4,6H2,1H3,(H,24,26)/t12-,13-/m1/s1. The first-order valence-electron chi connectivity index (χ1n) is 9.60. The Hall–Kier alpha value is -2.09. The van der Waals surface area contributed by atoms with Crippen LogP contribution in [-0.2, 0) is 0 Å². The smallest absolute Gasteiger partial charge is 0.148 e. The molecule has 4 heterocycles. The van der Waals surface area contributed by atoms with Crippen molar-refractivity contribution in [3.8, 4) is 0 Å². The van der Waals surface area contributed by atoms with Gasteiger partial charge in [0.05, 0.1) is 27.1 Å².